The van der Waals surface area contributed by atoms with Crippen molar-refractivity contribution in [3.05, 3.63) is 182 Å². The summed E-state index contributed by atoms with van der Waals surface area (Å²) < 4.78 is 7.43. The molecule has 248 valence electrons. The summed E-state index contributed by atoms with van der Waals surface area (Å²) in [4.78, 5) is 0. The van der Waals surface area contributed by atoms with E-state index in [4.69, 9.17) is 4.17 Å². The Kier molecular flexibility index (Phi) is 15.4. The van der Waals surface area contributed by atoms with Crippen LogP contribution < -0.4 is 65.4 Å². The third-order valence-corrected chi connectivity index (χ3v) is 16.6. The molecule has 0 spiro atoms. The molecule has 0 fully saturated rings. The van der Waals surface area contributed by atoms with Gasteiger partial charge in [0.1, 0.15) is 0 Å². The molecule has 0 unspecified atom stereocenters. The van der Waals surface area contributed by atoms with Crippen molar-refractivity contribution in [3.63, 3.8) is 0 Å². The molecule has 0 aliphatic heterocycles. The molecule has 6 aromatic rings. The van der Waals surface area contributed by atoms with E-state index in [1.54, 1.807) is 0 Å². The van der Waals surface area contributed by atoms with Gasteiger partial charge in [-0.15, -0.1) is 4.17 Å². The first-order chi connectivity index (χ1) is 22.4. The second kappa shape index (κ2) is 18.7. The topological polar surface area (TPSA) is 14.1 Å². The maximum Gasteiger partial charge on any atom is 0.301 e. The van der Waals surface area contributed by atoms with E-state index in [-0.39, 0.29) is 29.4 Å². The molecular weight excluding hydrogens is 778 g/mol. The summed E-state index contributed by atoms with van der Waals surface area (Å²) in [6.07, 6.45) is 0. The van der Waals surface area contributed by atoms with Crippen molar-refractivity contribution in [2.24, 2.45) is 0 Å². The van der Waals surface area contributed by atoms with Crippen molar-refractivity contribution in [1.82, 2.24) is 4.17 Å². The van der Waals surface area contributed by atoms with Gasteiger partial charge in [-0.05, 0) is 72.8 Å². The number of hydrogen-bond acceptors (Lipinski definition) is 0. The molecule has 7 heteroatoms. The zero-order valence-corrected chi connectivity index (χ0v) is 33.4. The van der Waals surface area contributed by atoms with Gasteiger partial charge in [0.25, 0.3) is 0 Å². The number of benzene rings is 6. The lowest BCUT2D eigenvalue weighted by atomic mass is 10.4. The van der Waals surface area contributed by atoms with Gasteiger partial charge in [0.15, 0.2) is 0 Å². The smallest absolute Gasteiger partial charge is 0.301 e. The van der Waals surface area contributed by atoms with Crippen molar-refractivity contribution in [1.29, 1.82) is 0 Å². The minimum absolute atomic E-state index is 0. The van der Waals surface area contributed by atoms with Crippen LogP contribution in [-0.2, 0) is 0 Å². The van der Waals surface area contributed by atoms with Gasteiger partial charge >= 0.3 is 14.1 Å². The number of hydrogen-bond donors (Lipinski definition) is 0. The zero-order valence-electron chi connectivity index (χ0n) is 27.7. The second-order valence-corrected chi connectivity index (χ2v) is 19.2. The van der Waals surface area contributed by atoms with Gasteiger partial charge in [-0.25, -0.2) is 0 Å². The Morgan fingerprint density at radius 1 is 0.417 bits per heavy atom. The molecule has 2 nitrogen and oxygen atoms in total. The molecule has 0 aliphatic rings. The Morgan fingerprint density at radius 2 is 0.604 bits per heavy atom. The van der Waals surface area contributed by atoms with Gasteiger partial charge in [0.2, 0.25) is 0 Å². The molecule has 0 atom stereocenters. The van der Waals surface area contributed by atoms with Crippen molar-refractivity contribution in [3.8, 4) is 0 Å². The van der Waals surface area contributed by atoms with Crippen LogP contribution in [0.5, 0.6) is 0 Å². The van der Waals surface area contributed by atoms with E-state index in [9.17, 15) is 0 Å². The molecular formula is C41H43Br2ClN2P2. The van der Waals surface area contributed by atoms with Crippen molar-refractivity contribution >= 4 is 61.9 Å². The monoisotopic (exact) mass is 818 g/mol. The van der Waals surface area contributed by atoms with E-state index >= 15 is 0 Å². The average Bonchev–Trinajstić information content (AvgIpc) is 3.11. The molecule has 48 heavy (non-hydrogen) atoms. The van der Waals surface area contributed by atoms with E-state index in [0.717, 1.165) is 9.81 Å². The molecule has 6 rings (SSSR count). The Labute approximate surface area is 312 Å². The van der Waals surface area contributed by atoms with Gasteiger partial charge in [0.05, 0.1) is 64.8 Å². The van der Waals surface area contributed by atoms with E-state index < -0.39 is 14.1 Å². The lowest BCUT2D eigenvalue weighted by Crippen LogP contribution is -3.00. The predicted octanol–water partition coefficient (Wildman–Crippen LogP) is 1.50. The summed E-state index contributed by atoms with van der Waals surface area (Å²) in [6, 6.07) is 65.7. The van der Waals surface area contributed by atoms with Crippen LogP contribution in [0.25, 0.3) is 0 Å². The molecule has 0 aromatic heterocycles. The maximum atomic E-state index is 6.38. The van der Waals surface area contributed by atoms with E-state index in [2.05, 4.69) is 219 Å². The highest BCUT2D eigenvalue weighted by molar-refractivity contribution is 9.09. The van der Waals surface area contributed by atoms with Crippen LogP contribution in [0.4, 0.5) is 0 Å². The molecule has 6 aromatic carbocycles. The third kappa shape index (κ3) is 9.20. The fourth-order valence-corrected chi connectivity index (χ4v) is 16.1. The highest BCUT2D eigenvalue weighted by atomic mass is 79.9. The molecule has 0 radical (unpaired) electrons. The average molecular weight is 821 g/mol. The van der Waals surface area contributed by atoms with Crippen LogP contribution in [0.2, 0.25) is 0 Å². The van der Waals surface area contributed by atoms with E-state index in [1.165, 1.54) is 38.4 Å². The number of rotatable bonds is 8. The first kappa shape index (κ1) is 39.5. The first-order valence-corrected chi connectivity index (χ1v) is 20.2. The lowest BCUT2D eigenvalue weighted by molar-refractivity contribution is -0.867. The minimum Gasteiger partial charge on any atom is -1.00 e. The van der Waals surface area contributed by atoms with E-state index in [0.29, 0.717) is 0 Å². The van der Waals surface area contributed by atoms with Crippen LogP contribution in [0, 0.1) is 0 Å². The van der Waals surface area contributed by atoms with Crippen LogP contribution in [-0.4, -0.2) is 37.5 Å². The number of alkyl halides is 1. The zero-order chi connectivity index (χ0) is 32.3. The summed E-state index contributed by atoms with van der Waals surface area (Å²) >= 11 is 3.37. The summed E-state index contributed by atoms with van der Waals surface area (Å²) in [5.74, 6) is 0. The highest BCUT2D eigenvalue weighted by Crippen LogP contribution is 2.50. The van der Waals surface area contributed by atoms with Crippen LogP contribution >= 0.6 is 30.0 Å². The quantitative estimate of drug-likeness (QED) is 0.0959. The Hall–Kier alpha value is -2.90. The standard InChI is InChI=1S/C36H30NP2.C5H13BrN.BrH.ClH/c1-7-19-31(20-8-1)38(32-21-9-2-10-22-32,33-23-11-3-12-24-33)37-39(34-25-13-4-14-26-34,35-27-15-5-16-28-35)36-29-17-6-18-30-36;1-7(2,3)5-4-6;;/h1-30H;4-5H2,1-3H3;2*1H/q2*+1;;/p-2. The second-order valence-electron chi connectivity index (χ2n) is 12.1. The van der Waals surface area contributed by atoms with Gasteiger partial charge in [-0.3, -0.25) is 0 Å². The fourth-order valence-electron chi connectivity index (χ4n) is 5.52. The molecule has 0 bridgehead atoms. The highest BCUT2D eigenvalue weighted by Gasteiger charge is 2.44. The van der Waals surface area contributed by atoms with Crippen molar-refractivity contribution < 1.29 is 33.9 Å². The van der Waals surface area contributed by atoms with Crippen LogP contribution in [0.1, 0.15) is 0 Å². The van der Waals surface area contributed by atoms with Crippen molar-refractivity contribution in [2.75, 3.05) is 33.0 Å². The number of quaternary nitrogens is 1. The Morgan fingerprint density at radius 3 is 0.729 bits per heavy atom. The van der Waals surface area contributed by atoms with Gasteiger partial charge in [-0.1, -0.05) is 125 Å². The summed E-state index contributed by atoms with van der Waals surface area (Å²) in [5.41, 5.74) is 0. The molecule has 0 N–H and O–H groups in total. The number of halogens is 3. The van der Waals surface area contributed by atoms with Crippen LogP contribution in [0.15, 0.2) is 182 Å². The van der Waals surface area contributed by atoms with Gasteiger partial charge < -0.3 is 33.9 Å². The SMILES string of the molecule is C[N+](C)(C)CCBr.[Br-].[Cl-].c1ccc(P(=[N+]=P(c2ccccc2)(c2ccccc2)c2ccccc2)(c2ccccc2)c2ccccc2)cc1. The predicted molar refractivity (Wildman–Crippen MR) is 209 cm³/mol. The van der Waals surface area contributed by atoms with E-state index in [1.807, 2.05) is 0 Å². The molecule has 0 saturated carbocycles. The Bertz CT molecular complexity index is 1580. The first-order valence-electron chi connectivity index (χ1n) is 15.6. The number of nitrogens with zero attached hydrogens (tertiary/aromatic N) is 2. The maximum absolute atomic E-state index is 6.38. The van der Waals surface area contributed by atoms with Gasteiger partial charge in [0, 0.05) is 0 Å². The fraction of sp³-hybridized carbons (Fsp3) is 0.122. The molecule has 0 aliphatic carbocycles. The lowest BCUT2D eigenvalue weighted by Gasteiger charge is -2.21. The minimum atomic E-state index is -2.50. The molecule has 0 heterocycles. The summed E-state index contributed by atoms with van der Waals surface area (Å²) in [7, 11) is 1.55. The third-order valence-electron chi connectivity index (χ3n) is 7.80. The Balaban J connectivity index is 0.000000629. The van der Waals surface area contributed by atoms with Crippen LogP contribution in [0.3, 0.4) is 0 Å². The summed E-state index contributed by atoms with van der Waals surface area (Å²) in [5, 5.41) is 8.65. The largest absolute Gasteiger partial charge is 1.00 e. The van der Waals surface area contributed by atoms with Crippen molar-refractivity contribution in [2.45, 2.75) is 0 Å². The molecule has 0 saturated heterocycles. The van der Waals surface area contributed by atoms with Gasteiger partial charge in [-0.2, -0.15) is 0 Å². The normalized spacial score (nSPS) is 11.1. The molecule has 0 amide bonds. The summed E-state index contributed by atoms with van der Waals surface area (Å²) in [6.45, 7) is 1.19.